The van der Waals surface area contributed by atoms with E-state index < -0.39 is 30.0 Å². The van der Waals surface area contributed by atoms with Gasteiger partial charge in [0.2, 0.25) is 0 Å². The number of guanidine groups is 1. The molecule has 0 aliphatic rings. The summed E-state index contributed by atoms with van der Waals surface area (Å²) in [5.41, 5.74) is 10.4. The number of likely N-dealkylation sites (N-methyl/N-ethyl adjacent to an activating group) is 1. The van der Waals surface area contributed by atoms with Crippen LogP contribution < -0.4 is 16.8 Å². The second-order valence-electron chi connectivity index (χ2n) is 4.31. The fraction of sp³-hybridized carbons (Fsp3) is 0.636. The van der Waals surface area contributed by atoms with Gasteiger partial charge in [0.15, 0.2) is 5.96 Å². The van der Waals surface area contributed by atoms with E-state index in [0.717, 1.165) is 0 Å². The van der Waals surface area contributed by atoms with Crippen LogP contribution in [0.3, 0.4) is 0 Å². The molecule has 0 aromatic carbocycles. The van der Waals surface area contributed by atoms with E-state index in [9.17, 15) is 14.4 Å². The molecule has 0 aromatic rings. The van der Waals surface area contributed by atoms with E-state index in [4.69, 9.17) is 32.2 Å². The van der Waals surface area contributed by atoms with Crippen LogP contribution in [-0.2, 0) is 14.4 Å². The quantitative estimate of drug-likeness (QED) is 0.103. The standard InChI is InChI=1S/C6H12N2O4S2.C5H11N3O2/c7-3(5(9)10)1-13-14-2-4(8)6(11)12;1-7-5(6)8(2)3-4(9)10/h3-4H,1-2,7-8H2,(H,9,10)(H,11,12);3H2,1-2H3,(H2,6,7)(H,9,10)/t3-,4?;/m0./s1. The molecule has 0 aromatic heterocycles. The Morgan fingerprint density at radius 1 is 1.08 bits per heavy atom. The first-order chi connectivity index (χ1) is 11.0. The molecule has 11 nitrogen and oxygen atoms in total. The zero-order valence-electron chi connectivity index (χ0n) is 13.3. The summed E-state index contributed by atoms with van der Waals surface area (Å²) in [6, 6.07) is -1.85. The summed E-state index contributed by atoms with van der Waals surface area (Å²) in [6.07, 6.45) is 0. The molecule has 24 heavy (non-hydrogen) atoms. The van der Waals surface area contributed by atoms with Gasteiger partial charge in [-0.2, -0.15) is 0 Å². The Labute approximate surface area is 147 Å². The molecule has 0 saturated heterocycles. The molecule has 0 spiro atoms. The summed E-state index contributed by atoms with van der Waals surface area (Å²) >= 11 is 0. The number of nitrogens with zero attached hydrogens (tertiary/aromatic N) is 1. The minimum atomic E-state index is -1.07. The van der Waals surface area contributed by atoms with Gasteiger partial charge in [0, 0.05) is 25.6 Å². The number of hydrogen-bond donors (Lipinski definition) is 7. The van der Waals surface area contributed by atoms with E-state index in [-0.39, 0.29) is 24.0 Å². The summed E-state index contributed by atoms with van der Waals surface area (Å²) in [4.78, 5) is 31.9. The lowest BCUT2D eigenvalue weighted by molar-refractivity contribution is -0.138. The highest BCUT2D eigenvalue weighted by Crippen LogP contribution is 2.22. The van der Waals surface area contributed by atoms with Crippen molar-refractivity contribution >= 4 is 45.5 Å². The maximum atomic E-state index is 10.3. The van der Waals surface area contributed by atoms with Gasteiger partial charge >= 0.3 is 17.9 Å². The molecule has 13 heteroatoms. The third-order valence-electron chi connectivity index (χ3n) is 2.20. The third kappa shape index (κ3) is 13.9. The highest BCUT2D eigenvalue weighted by molar-refractivity contribution is 8.76. The summed E-state index contributed by atoms with van der Waals surface area (Å²) in [5.74, 6) is -2.52. The molecule has 0 heterocycles. The highest BCUT2D eigenvalue weighted by Gasteiger charge is 2.14. The minimum Gasteiger partial charge on any atom is -0.480 e. The molecule has 0 amide bonds. The van der Waals surface area contributed by atoms with Crippen molar-refractivity contribution in [1.82, 2.24) is 10.2 Å². The average molecular weight is 385 g/mol. The minimum absolute atomic E-state index is 0.0994. The van der Waals surface area contributed by atoms with E-state index in [2.05, 4.69) is 5.32 Å². The number of nitrogens with two attached hydrogens (primary N) is 2. The Hall–Kier alpha value is -1.70. The number of aliphatic carboxylic acids is 3. The summed E-state index contributed by atoms with van der Waals surface area (Å²) < 4.78 is 0. The number of rotatable bonds is 9. The molecule has 0 bridgehead atoms. The third-order valence-corrected chi connectivity index (χ3v) is 4.68. The van der Waals surface area contributed by atoms with Crippen LogP contribution in [-0.4, -0.2) is 88.3 Å². The van der Waals surface area contributed by atoms with Crippen molar-refractivity contribution in [3.05, 3.63) is 0 Å². The topological polar surface area (TPSA) is 203 Å². The fourth-order valence-corrected chi connectivity index (χ4v) is 3.09. The molecule has 9 N–H and O–H groups in total. The van der Waals surface area contributed by atoms with Crippen molar-refractivity contribution in [2.45, 2.75) is 12.1 Å². The van der Waals surface area contributed by atoms with Gasteiger partial charge < -0.3 is 37.0 Å². The Bertz CT molecular complexity index is 417. The fourth-order valence-electron chi connectivity index (χ4n) is 0.858. The van der Waals surface area contributed by atoms with Crippen LogP contribution >= 0.6 is 21.6 Å². The maximum absolute atomic E-state index is 10.3. The second-order valence-corrected chi connectivity index (χ2v) is 6.86. The van der Waals surface area contributed by atoms with Crippen molar-refractivity contribution in [2.24, 2.45) is 11.5 Å². The van der Waals surface area contributed by atoms with Gasteiger partial charge in [0.05, 0.1) is 0 Å². The lowest BCUT2D eigenvalue weighted by Crippen LogP contribution is -2.38. The highest BCUT2D eigenvalue weighted by atomic mass is 33.1. The van der Waals surface area contributed by atoms with E-state index >= 15 is 0 Å². The van der Waals surface area contributed by atoms with Gasteiger partial charge in [-0.25, -0.2) is 0 Å². The molecule has 0 fully saturated rings. The average Bonchev–Trinajstić information content (AvgIpc) is 2.49. The van der Waals surface area contributed by atoms with E-state index in [1.165, 1.54) is 33.5 Å². The van der Waals surface area contributed by atoms with Crippen molar-refractivity contribution in [1.29, 1.82) is 5.41 Å². The summed E-state index contributed by atoms with van der Waals surface area (Å²) in [5, 5.41) is 34.7. The SMILES string of the molecule is CNC(=N)N(C)CC(=O)O.NC(CSSC[C@H](N)C(=O)O)C(=O)O. The lowest BCUT2D eigenvalue weighted by Gasteiger charge is -2.15. The van der Waals surface area contributed by atoms with Gasteiger partial charge in [-0.1, -0.05) is 21.6 Å². The van der Waals surface area contributed by atoms with E-state index in [1.807, 2.05) is 0 Å². The van der Waals surface area contributed by atoms with Gasteiger partial charge in [-0.15, -0.1) is 0 Å². The first kappa shape index (κ1) is 24.6. The van der Waals surface area contributed by atoms with Crippen LogP contribution in [0.15, 0.2) is 0 Å². The van der Waals surface area contributed by atoms with E-state index in [0.29, 0.717) is 0 Å². The monoisotopic (exact) mass is 385 g/mol. The van der Waals surface area contributed by atoms with Gasteiger partial charge in [0.1, 0.15) is 18.6 Å². The zero-order chi connectivity index (χ0) is 19.3. The van der Waals surface area contributed by atoms with Crippen molar-refractivity contribution < 1.29 is 29.7 Å². The Morgan fingerprint density at radius 2 is 1.46 bits per heavy atom. The molecule has 0 aliphatic heterocycles. The summed E-state index contributed by atoms with van der Waals surface area (Å²) in [6.45, 7) is -0.153. The van der Waals surface area contributed by atoms with Crippen LogP contribution in [0.25, 0.3) is 0 Å². The van der Waals surface area contributed by atoms with E-state index in [1.54, 1.807) is 7.05 Å². The van der Waals surface area contributed by atoms with Gasteiger partial charge in [0.25, 0.3) is 0 Å². The van der Waals surface area contributed by atoms with Crippen LogP contribution in [0.1, 0.15) is 0 Å². The largest absolute Gasteiger partial charge is 0.480 e. The number of nitrogens with one attached hydrogen (secondary N) is 2. The van der Waals surface area contributed by atoms with Crippen molar-refractivity contribution in [3.63, 3.8) is 0 Å². The van der Waals surface area contributed by atoms with Crippen LogP contribution in [0.5, 0.6) is 0 Å². The molecule has 0 aliphatic carbocycles. The maximum Gasteiger partial charge on any atom is 0.323 e. The number of carbonyl (C=O) groups is 3. The summed E-state index contributed by atoms with van der Waals surface area (Å²) in [7, 11) is 5.51. The van der Waals surface area contributed by atoms with Gasteiger partial charge in [-0.05, 0) is 0 Å². The van der Waals surface area contributed by atoms with Crippen molar-refractivity contribution in [3.8, 4) is 0 Å². The molecule has 0 radical (unpaired) electrons. The zero-order valence-corrected chi connectivity index (χ0v) is 14.9. The van der Waals surface area contributed by atoms with Crippen molar-refractivity contribution in [2.75, 3.05) is 32.1 Å². The van der Waals surface area contributed by atoms with Crippen LogP contribution in [0, 0.1) is 5.41 Å². The number of hydrogen-bond acceptors (Lipinski definition) is 8. The second kappa shape index (κ2) is 13.7. The normalized spacial score (nSPS) is 12.2. The first-order valence-electron chi connectivity index (χ1n) is 6.43. The predicted molar refractivity (Wildman–Crippen MR) is 93.2 cm³/mol. The smallest absolute Gasteiger partial charge is 0.323 e. The molecule has 0 saturated carbocycles. The molecular formula is C11H23N5O6S2. The predicted octanol–water partition coefficient (Wildman–Crippen LogP) is -1.65. The number of carboxylic acids is 3. The molecule has 1 unspecified atom stereocenters. The molecule has 0 rings (SSSR count). The molecular weight excluding hydrogens is 362 g/mol. The Kier molecular flexibility index (Phi) is 14.0. The molecule has 140 valence electrons. The number of carboxylic acid groups (broad SMARTS) is 3. The van der Waals surface area contributed by atoms with Crippen LogP contribution in [0.4, 0.5) is 0 Å². The Morgan fingerprint density at radius 3 is 1.71 bits per heavy atom. The first-order valence-corrected chi connectivity index (χ1v) is 8.92. The van der Waals surface area contributed by atoms with Gasteiger partial charge in [-0.3, -0.25) is 19.8 Å². The molecule has 2 atom stereocenters. The lowest BCUT2D eigenvalue weighted by atomic mass is 10.4. The Balaban J connectivity index is 0. The van der Waals surface area contributed by atoms with Crippen LogP contribution in [0.2, 0.25) is 0 Å².